The number of hydrogen-bond acceptors (Lipinski definition) is 2. The summed E-state index contributed by atoms with van der Waals surface area (Å²) < 4.78 is 0. The highest BCUT2D eigenvalue weighted by Gasteiger charge is 2.69. The van der Waals surface area contributed by atoms with Crippen molar-refractivity contribution in [2.24, 2.45) is 22.5 Å². The van der Waals surface area contributed by atoms with Crippen molar-refractivity contribution in [2.45, 2.75) is 32.6 Å². The van der Waals surface area contributed by atoms with Crippen molar-refractivity contribution in [3.05, 3.63) is 0 Å². The molecular formula is C10H19NO. The average Bonchev–Trinajstić information content (AvgIpc) is 2.98. The summed E-state index contributed by atoms with van der Waals surface area (Å²) in [4.78, 5) is 0. The summed E-state index contributed by atoms with van der Waals surface area (Å²) in [6.07, 6.45) is 5.12. The summed E-state index contributed by atoms with van der Waals surface area (Å²) in [5.74, 6) is 0.887. The van der Waals surface area contributed by atoms with E-state index in [9.17, 15) is 5.11 Å². The number of aliphatic hydroxyl groups excluding tert-OH is 1. The molecule has 0 aromatic heterocycles. The maximum atomic E-state index is 9.32. The third-order valence-electron chi connectivity index (χ3n) is 4.27. The van der Waals surface area contributed by atoms with Crippen molar-refractivity contribution in [3.63, 3.8) is 0 Å². The zero-order chi connectivity index (χ0) is 8.82. The molecule has 2 unspecified atom stereocenters. The van der Waals surface area contributed by atoms with Crippen LogP contribution in [0.25, 0.3) is 0 Å². The van der Waals surface area contributed by atoms with Crippen molar-refractivity contribution < 1.29 is 5.11 Å². The molecule has 2 saturated carbocycles. The second-order valence-corrected chi connectivity index (χ2v) is 4.60. The summed E-state index contributed by atoms with van der Waals surface area (Å²) >= 11 is 0. The number of aliphatic hydroxyl groups is 1. The molecule has 0 heterocycles. The van der Waals surface area contributed by atoms with E-state index in [4.69, 9.17) is 5.73 Å². The molecular weight excluding hydrogens is 150 g/mol. The Labute approximate surface area is 74.1 Å². The highest BCUT2D eigenvalue weighted by atomic mass is 16.3. The lowest BCUT2D eigenvalue weighted by Crippen LogP contribution is -2.28. The summed E-state index contributed by atoms with van der Waals surface area (Å²) in [5.41, 5.74) is 6.29. The fraction of sp³-hybridized carbons (Fsp3) is 1.00. The van der Waals surface area contributed by atoms with Crippen LogP contribution in [-0.2, 0) is 0 Å². The molecule has 2 nitrogen and oxygen atoms in total. The molecule has 12 heavy (non-hydrogen) atoms. The van der Waals surface area contributed by atoms with Crippen molar-refractivity contribution in [1.82, 2.24) is 0 Å². The zero-order valence-corrected chi connectivity index (χ0v) is 7.84. The topological polar surface area (TPSA) is 46.2 Å². The molecule has 2 atom stereocenters. The lowest BCUT2D eigenvalue weighted by molar-refractivity contribution is 0.161. The van der Waals surface area contributed by atoms with Crippen molar-refractivity contribution >= 4 is 0 Å². The predicted molar refractivity (Wildman–Crippen MR) is 48.6 cm³/mol. The van der Waals surface area contributed by atoms with Gasteiger partial charge < -0.3 is 10.8 Å². The third kappa shape index (κ3) is 0.826. The van der Waals surface area contributed by atoms with Gasteiger partial charge >= 0.3 is 0 Å². The second kappa shape index (κ2) is 2.46. The standard InChI is InChI=1S/C10H19NO/c1-2-10(8-3-4-8)5-9(10,6-11)7-12/h8,12H,2-7,11H2,1H3. The molecule has 0 spiro atoms. The molecule has 0 aromatic carbocycles. The van der Waals surface area contributed by atoms with Crippen LogP contribution < -0.4 is 5.73 Å². The fourth-order valence-corrected chi connectivity index (χ4v) is 3.11. The number of nitrogens with two attached hydrogens (primary N) is 1. The summed E-state index contributed by atoms with van der Waals surface area (Å²) in [6.45, 7) is 3.22. The highest BCUT2D eigenvalue weighted by molar-refractivity contribution is 5.19. The van der Waals surface area contributed by atoms with Gasteiger partial charge in [0.2, 0.25) is 0 Å². The molecule has 0 aliphatic heterocycles. The molecule has 70 valence electrons. The first-order valence-corrected chi connectivity index (χ1v) is 5.05. The van der Waals surface area contributed by atoms with Gasteiger partial charge in [-0.1, -0.05) is 6.92 Å². The predicted octanol–water partition coefficient (Wildman–Crippen LogP) is 1.13. The van der Waals surface area contributed by atoms with Gasteiger partial charge in [0.1, 0.15) is 0 Å². The van der Waals surface area contributed by atoms with Gasteiger partial charge in [0.05, 0.1) is 6.61 Å². The molecule has 3 N–H and O–H groups in total. The number of rotatable bonds is 4. The summed E-state index contributed by atoms with van der Waals surface area (Å²) in [7, 11) is 0. The maximum absolute atomic E-state index is 9.32. The first kappa shape index (κ1) is 8.52. The van der Waals surface area contributed by atoms with E-state index in [2.05, 4.69) is 6.92 Å². The van der Waals surface area contributed by atoms with Crippen LogP contribution in [0.5, 0.6) is 0 Å². The molecule has 2 aliphatic carbocycles. The van der Waals surface area contributed by atoms with Gasteiger partial charge in [-0.2, -0.15) is 0 Å². The Morgan fingerprint density at radius 2 is 2.17 bits per heavy atom. The third-order valence-corrected chi connectivity index (χ3v) is 4.27. The van der Waals surface area contributed by atoms with Crippen LogP contribution in [0.1, 0.15) is 32.6 Å². The average molecular weight is 169 g/mol. The van der Waals surface area contributed by atoms with E-state index >= 15 is 0 Å². The van der Waals surface area contributed by atoms with Crippen LogP contribution in [0.4, 0.5) is 0 Å². The largest absolute Gasteiger partial charge is 0.396 e. The SMILES string of the molecule is CCC1(C2CC2)CC1(CN)CO. The lowest BCUT2D eigenvalue weighted by atomic mass is 9.86. The zero-order valence-electron chi connectivity index (χ0n) is 7.84. The van der Waals surface area contributed by atoms with Crippen LogP contribution >= 0.6 is 0 Å². The van der Waals surface area contributed by atoms with Crippen LogP contribution in [-0.4, -0.2) is 18.3 Å². The van der Waals surface area contributed by atoms with Gasteiger partial charge in [0.15, 0.2) is 0 Å². The fourth-order valence-electron chi connectivity index (χ4n) is 3.11. The van der Waals surface area contributed by atoms with Crippen LogP contribution in [0.3, 0.4) is 0 Å². The Balaban J connectivity index is 2.12. The number of hydrogen-bond donors (Lipinski definition) is 2. The van der Waals surface area contributed by atoms with E-state index in [-0.39, 0.29) is 5.41 Å². The minimum Gasteiger partial charge on any atom is -0.396 e. The quantitative estimate of drug-likeness (QED) is 0.662. The Hall–Kier alpha value is -0.0800. The van der Waals surface area contributed by atoms with Gasteiger partial charge in [-0.25, -0.2) is 0 Å². The van der Waals surface area contributed by atoms with Gasteiger partial charge in [-0.3, -0.25) is 0 Å². The summed E-state index contributed by atoms with van der Waals surface area (Å²) in [5, 5.41) is 9.32. The Morgan fingerprint density at radius 1 is 1.50 bits per heavy atom. The highest BCUT2D eigenvalue weighted by Crippen LogP contribution is 2.74. The van der Waals surface area contributed by atoms with E-state index < -0.39 is 0 Å². The smallest absolute Gasteiger partial charge is 0.0505 e. The van der Waals surface area contributed by atoms with E-state index in [0.29, 0.717) is 18.6 Å². The molecule has 0 amide bonds. The second-order valence-electron chi connectivity index (χ2n) is 4.60. The van der Waals surface area contributed by atoms with Gasteiger partial charge in [0, 0.05) is 12.0 Å². The normalized spacial score (nSPS) is 46.2. The minimum absolute atomic E-state index is 0.114. The van der Waals surface area contributed by atoms with Crippen LogP contribution in [0, 0.1) is 16.7 Å². The van der Waals surface area contributed by atoms with E-state index in [1.54, 1.807) is 0 Å². The van der Waals surface area contributed by atoms with Gasteiger partial charge in [-0.15, -0.1) is 0 Å². The molecule has 0 bridgehead atoms. The van der Waals surface area contributed by atoms with Crippen molar-refractivity contribution in [2.75, 3.05) is 13.2 Å². The molecule has 0 radical (unpaired) electrons. The molecule has 0 saturated heterocycles. The molecule has 2 rings (SSSR count). The van der Waals surface area contributed by atoms with Crippen LogP contribution in [0.15, 0.2) is 0 Å². The lowest BCUT2D eigenvalue weighted by Gasteiger charge is -2.21. The summed E-state index contributed by atoms with van der Waals surface area (Å²) in [6, 6.07) is 0. The van der Waals surface area contributed by atoms with Gasteiger partial charge in [0.25, 0.3) is 0 Å². The van der Waals surface area contributed by atoms with E-state index in [1.165, 1.54) is 25.7 Å². The molecule has 2 fully saturated rings. The Kier molecular flexibility index (Phi) is 1.74. The first-order valence-electron chi connectivity index (χ1n) is 5.05. The maximum Gasteiger partial charge on any atom is 0.0505 e. The van der Waals surface area contributed by atoms with Crippen molar-refractivity contribution in [3.8, 4) is 0 Å². The monoisotopic (exact) mass is 169 g/mol. The van der Waals surface area contributed by atoms with E-state index in [1.807, 2.05) is 0 Å². The molecule has 0 aromatic rings. The van der Waals surface area contributed by atoms with E-state index in [0.717, 1.165) is 5.92 Å². The Bertz CT molecular complexity index is 184. The Morgan fingerprint density at radius 3 is 2.42 bits per heavy atom. The minimum atomic E-state index is 0.114. The first-order chi connectivity index (χ1) is 5.74. The van der Waals surface area contributed by atoms with Gasteiger partial charge in [-0.05, 0) is 37.0 Å². The van der Waals surface area contributed by atoms with Crippen molar-refractivity contribution in [1.29, 1.82) is 0 Å². The molecule has 2 aliphatic rings. The van der Waals surface area contributed by atoms with Crippen LogP contribution in [0.2, 0.25) is 0 Å². The molecule has 2 heteroatoms.